The van der Waals surface area contributed by atoms with Crippen molar-refractivity contribution in [3.05, 3.63) is 28.8 Å². The van der Waals surface area contributed by atoms with Crippen molar-refractivity contribution >= 4 is 23.5 Å². The second kappa shape index (κ2) is 17.2. The van der Waals surface area contributed by atoms with Gasteiger partial charge >= 0.3 is 0 Å². The molecule has 34 heavy (non-hydrogen) atoms. The van der Waals surface area contributed by atoms with E-state index in [-0.39, 0.29) is 10.8 Å². The second-order valence-electron chi connectivity index (χ2n) is 12.0. The van der Waals surface area contributed by atoms with Crippen molar-refractivity contribution in [1.29, 1.82) is 0 Å². The fourth-order valence-corrected chi connectivity index (χ4v) is 6.48. The van der Waals surface area contributed by atoms with E-state index < -0.39 is 0 Å². The smallest absolute Gasteiger partial charge is 0.123 e. The molecule has 198 valence electrons. The third-order valence-electron chi connectivity index (χ3n) is 6.55. The van der Waals surface area contributed by atoms with E-state index in [4.69, 9.17) is 0 Å². The van der Waals surface area contributed by atoms with Gasteiger partial charge in [-0.05, 0) is 58.3 Å². The highest BCUT2D eigenvalue weighted by molar-refractivity contribution is 8.02. The number of rotatable bonds is 18. The lowest BCUT2D eigenvalue weighted by atomic mass is 9.78. The summed E-state index contributed by atoms with van der Waals surface area (Å²) in [6.45, 7) is 15.5. The molecule has 0 saturated heterocycles. The maximum atomic E-state index is 10.9. The number of benzene rings is 1. The van der Waals surface area contributed by atoms with Gasteiger partial charge < -0.3 is 5.11 Å². The van der Waals surface area contributed by atoms with Crippen LogP contribution in [0.4, 0.5) is 0 Å². The van der Waals surface area contributed by atoms with Crippen LogP contribution in [-0.4, -0.2) is 28.1 Å². The van der Waals surface area contributed by atoms with Crippen LogP contribution in [0.2, 0.25) is 0 Å². The van der Waals surface area contributed by atoms with Gasteiger partial charge in [0.2, 0.25) is 0 Å². The average molecular weight is 509 g/mol. The Bertz CT molecular complexity index is 619. The van der Waals surface area contributed by atoms with Crippen molar-refractivity contribution in [1.82, 2.24) is 0 Å². The molecule has 0 heterocycles. The number of aromatic hydroxyl groups is 1. The molecule has 0 aromatic heterocycles. The summed E-state index contributed by atoms with van der Waals surface area (Å²) < 4.78 is 0. The van der Waals surface area contributed by atoms with Crippen LogP contribution < -0.4 is 0 Å². The lowest BCUT2D eigenvalue weighted by Gasteiger charge is -2.28. The fourth-order valence-electron chi connectivity index (χ4n) is 4.37. The summed E-state index contributed by atoms with van der Waals surface area (Å²) in [7, 11) is 0. The zero-order valence-corrected chi connectivity index (χ0v) is 25.4. The maximum absolute atomic E-state index is 10.9. The second-order valence-corrected chi connectivity index (χ2v) is 14.5. The number of hydrogen-bond acceptors (Lipinski definition) is 3. The Labute approximate surface area is 222 Å². The van der Waals surface area contributed by atoms with Gasteiger partial charge in [-0.15, -0.1) is 0 Å². The first-order valence-electron chi connectivity index (χ1n) is 14.1. The Hall–Kier alpha value is -0.280. The molecule has 0 aliphatic heterocycles. The monoisotopic (exact) mass is 508 g/mol. The van der Waals surface area contributed by atoms with E-state index in [0.717, 1.165) is 17.5 Å². The number of unbranched alkanes of at least 4 members (excludes halogenated alkanes) is 9. The molecular formula is C31H56OS2. The first-order chi connectivity index (χ1) is 16.1. The van der Waals surface area contributed by atoms with Crippen molar-refractivity contribution in [2.45, 2.75) is 136 Å². The van der Waals surface area contributed by atoms with Crippen molar-refractivity contribution < 1.29 is 5.11 Å². The molecular weight excluding hydrogens is 452 g/mol. The lowest BCUT2D eigenvalue weighted by molar-refractivity contribution is 0.422. The molecule has 1 nitrogen and oxygen atoms in total. The minimum atomic E-state index is -0.0414. The Morgan fingerprint density at radius 1 is 0.588 bits per heavy atom. The fraction of sp³-hybridized carbons (Fsp3) is 0.806. The van der Waals surface area contributed by atoms with E-state index in [9.17, 15) is 5.11 Å². The van der Waals surface area contributed by atoms with E-state index in [1.807, 2.05) is 0 Å². The number of aryl methyl sites for hydroxylation is 1. The van der Waals surface area contributed by atoms with Crippen LogP contribution in [0.5, 0.6) is 5.75 Å². The molecule has 0 amide bonds. The van der Waals surface area contributed by atoms with E-state index in [1.165, 1.54) is 99.2 Å². The molecule has 0 bridgehead atoms. The van der Waals surface area contributed by atoms with Crippen molar-refractivity contribution in [2.24, 2.45) is 0 Å². The van der Waals surface area contributed by atoms with Gasteiger partial charge in [0.25, 0.3) is 0 Å². The van der Waals surface area contributed by atoms with E-state index in [1.54, 1.807) is 0 Å². The molecule has 0 saturated carbocycles. The molecule has 1 aromatic carbocycles. The molecule has 0 atom stereocenters. The highest BCUT2D eigenvalue weighted by Crippen LogP contribution is 2.40. The third-order valence-corrected chi connectivity index (χ3v) is 8.95. The number of thioether (sulfide) groups is 2. The molecule has 1 aromatic rings. The average Bonchev–Trinajstić information content (AvgIpc) is 2.75. The topological polar surface area (TPSA) is 20.2 Å². The number of phenols is 1. The quantitative estimate of drug-likeness (QED) is 0.199. The Balaban J connectivity index is 2.15. The highest BCUT2D eigenvalue weighted by Gasteiger charge is 2.26. The van der Waals surface area contributed by atoms with Crippen molar-refractivity contribution in [2.75, 3.05) is 23.0 Å². The molecule has 1 rings (SSSR count). The van der Waals surface area contributed by atoms with E-state index >= 15 is 0 Å². The largest absolute Gasteiger partial charge is 0.507 e. The van der Waals surface area contributed by atoms with Crippen LogP contribution in [0.15, 0.2) is 12.1 Å². The van der Waals surface area contributed by atoms with Gasteiger partial charge in [0.1, 0.15) is 5.75 Å². The standard InChI is InChI=1S/C31H56OS2/c1-8-9-10-11-12-13-14-15-16-17-20-33-22-23-34-21-18-19-26-24-27(30(2,3)4)29(32)28(25-26)31(5,6)7/h24-25,32H,8-23H2,1-7H3. The Morgan fingerprint density at radius 2 is 1.00 bits per heavy atom. The van der Waals surface area contributed by atoms with Crippen LogP contribution in [0.1, 0.15) is 136 Å². The Kier molecular flexibility index (Phi) is 16.1. The lowest BCUT2D eigenvalue weighted by Crippen LogP contribution is -2.18. The van der Waals surface area contributed by atoms with Gasteiger partial charge in [0.05, 0.1) is 0 Å². The first-order valence-corrected chi connectivity index (χ1v) is 16.4. The van der Waals surface area contributed by atoms with Gasteiger partial charge in [0, 0.05) is 11.5 Å². The van der Waals surface area contributed by atoms with E-state index in [2.05, 4.69) is 84.1 Å². The highest BCUT2D eigenvalue weighted by atomic mass is 32.2. The zero-order valence-electron chi connectivity index (χ0n) is 23.7. The summed E-state index contributed by atoms with van der Waals surface area (Å²) in [5.74, 6) is 5.64. The third kappa shape index (κ3) is 13.7. The molecule has 0 unspecified atom stereocenters. The zero-order chi connectivity index (χ0) is 25.5. The number of phenolic OH excluding ortho intramolecular Hbond substituents is 1. The minimum absolute atomic E-state index is 0.0414. The van der Waals surface area contributed by atoms with Crippen LogP contribution in [0, 0.1) is 0 Å². The van der Waals surface area contributed by atoms with Crippen LogP contribution in [0.3, 0.4) is 0 Å². The molecule has 0 aliphatic carbocycles. The SMILES string of the molecule is CCCCCCCCCCCCSCCSCCCc1cc(C(C)(C)C)c(O)c(C(C)(C)C)c1. The summed E-state index contributed by atoms with van der Waals surface area (Å²) >= 11 is 4.26. The predicted molar refractivity (Wildman–Crippen MR) is 160 cm³/mol. The Morgan fingerprint density at radius 3 is 1.44 bits per heavy atom. The summed E-state index contributed by atoms with van der Waals surface area (Å²) in [5, 5.41) is 10.9. The van der Waals surface area contributed by atoms with Crippen molar-refractivity contribution in [3.8, 4) is 5.75 Å². The normalized spacial score (nSPS) is 12.4. The predicted octanol–water partition coefficient (Wildman–Crippen LogP) is 10.3. The van der Waals surface area contributed by atoms with Gasteiger partial charge in [-0.2, -0.15) is 23.5 Å². The van der Waals surface area contributed by atoms with Crippen LogP contribution in [0.25, 0.3) is 0 Å². The summed E-state index contributed by atoms with van der Waals surface area (Å²) in [6.07, 6.45) is 16.6. The summed E-state index contributed by atoms with van der Waals surface area (Å²) in [4.78, 5) is 0. The van der Waals surface area contributed by atoms with Gasteiger partial charge in [-0.25, -0.2) is 0 Å². The van der Waals surface area contributed by atoms with Crippen molar-refractivity contribution in [3.63, 3.8) is 0 Å². The molecule has 1 N–H and O–H groups in total. The van der Waals surface area contributed by atoms with Gasteiger partial charge in [-0.1, -0.05) is 118 Å². The maximum Gasteiger partial charge on any atom is 0.123 e. The molecule has 0 fully saturated rings. The van der Waals surface area contributed by atoms with Gasteiger partial charge in [-0.3, -0.25) is 0 Å². The molecule has 0 spiro atoms. The molecule has 0 radical (unpaired) electrons. The van der Waals surface area contributed by atoms with E-state index in [0.29, 0.717) is 5.75 Å². The number of hydrogen-bond donors (Lipinski definition) is 1. The van der Waals surface area contributed by atoms with Gasteiger partial charge in [0.15, 0.2) is 0 Å². The van der Waals surface area contributed by atoms with Crippen LogP contribution in [-0.2, 0) is 17.3 Å². The molecule has 3 heteroatoms. The van der Waals surface area contributed by atoms with Crippen LogP contribution >= 0.6 is 23.5 Å². The summed E-state index contributed by atoms with van der Waals surface area (Å²) in [6, 6.07) is 4.50. The molecule has 0 aliphatic rings. The minimum Gasteiger partial charge on any atom is -0.507 e. The summed E-state index contributed by atoms with van der Waals surface area (Å²) in [5.41, 5.74) is 3.47. The first kappa shape index (κ1) is 31.7.